The molecule has 1 amide bonds. The van der Waals surface area contributed by atoms with Gasteiger partial charge >= 0.3 is 5.97 Å². The van der Waals surface area contributed by atoms with E-state index in [0.717, 1.165) is 0 Å². The van der Waals surface area contributed by atoms with Gasteiger partial charge in [0.25, 0.3) is 5.91 Å². The van der Waals surface area contributed by atoms with E-state index in [4.69, 9.17) is 33.0 Å². The van der Waals surface area contributed by atoms with Crippen LogP contribution in [-0.2, 0) is 9.59 Å². The average molecular weight is 424 g/mol. The Morgan fingerprint density at radius 2 is 1.64 bits per heavy atom. The molecule has 0 aromatic heterocycles. The number of hydrogen-bond acceptors (Lipinski definition) is 4. The predicted molar refractivity (Wildman–Crippen MR) is 107 cm³/mol. The number of anilines is 1. The van der Waals surface area contributed by atoms with Gasteiger partial charge in [0.15, 0.2) is 5.78 Å². The van der Waals surface area contributed by atoms with Gasteiger partial charge in [-0.25, -0.2) is 4.79 Å². The van der Waals surface area contributed by atoms with E-state index in [-0.39, 0.29) is 22.0 Å². The van der Waals surface area contributed by atoms with Crippen LogP contribution in [0.3, 0.4) is 0 Å². The van der Waals surface area contributed by atoms with Gasteiger partial charge in [-0.3, -0.25) is 9.59 Å². The normalized spacial score (nSPS) is 12.2. The van der Waals surface area contributed by atoms with Crippen LogP contribution in [0.2, 0.25) is 10.0 Å². The number of rotatable bonds is 6. The number of carbonyl (C=O) groups excluding carboxylic acids is 2. The maximum Gasteiger partial charge on any atom is 0.335 e. The zero-order chi connectivity index (χ0) is 21.1. The van der Waals surface area contributed by atoms with Crippen molar-refractivity contribution >= 4 is 46.5 Å². The SMILES string of the molecule is CC(C)(C)C(=O)C(Oc1ccc(C(=O)O)cc1)C(=O)Nc1cc(Cl)ccc1Cl. The summed E-state index contributed by atoms with van der Waals surface area (Å²) in [6.07, 6.45) is -1.47. The number of carbonyl (C=O) groups is 3. The minimum atomic E-state index is -1.47. The van der Waals surface area contributed by atoms with E-state index >= 15 is 0 Å². The highest BCUT2D eigenvalue weighted by Gasteiger charge is 2.37. The van der Waals surface area contributed by atoms with Crippen LogP contribution in [0, 0.1) is 5.41 Å². The van der Waals surface area contributed by atoms with Gasteiger partial charge in [0.2, 0.25) is 6.10 Å². The number of hydrogen-bond donors (Lipinski definition) is 2. The number of amides is 1. The van der Waals surface area contributed by atoms with E-state index in [2.05, 4.69) is 5.32 Å². The van der Waals surface area contributed by atoms with E-state index < -0.39 is 29.2 Å². The summed E-state index contributed by atoms with van der Waals surface area (Å²) < 4.78 is 5.61. The van der Waals surface area contributed by atoms with Crippen molar-refractivity contribution < 1.29 is 24.2 Å². The number of ketones is 1. The Labute approximate surface area is 172 Å². The molecule has 28 heavy (non-hydrogen) atoms. The Kier molecular flexibility index (Phi) is 6.69. The summed E-state index contributed by atoms with van der Waals surface area (Å²) in [5, 5.41) is 12.1. The summed E-state index contributed by atoms with van der Waals surface area (Å²) in [4.78, 5) is 36.5. The lowest BCUT2D eigenvalue weighted by Gasteiger charge is -2.25. The van der Waals surface area contributed by atoms with E-state index in [1.165, 1.54) is 36.4 Å². The Balaban J connectivity index is 2.30. The standard InChI is InChI=1S/C20H19Cl2NO5/c1-20(2,3)17(24)16(28-13-7-4-11(5-8-13)19(26)27)18(25)23-15-10-12(21)6-9-14(15)22/h4-10,16H,1-3H3,(H,23,25)(H,26,27). The van der Waals surface area contributed by atoms with Crippen molar-refractivity contribution in [3.8, 4) is 5.75 Å². The molecule has 0 bridgehead atoms. The first-order chi connectivity index (χ1) is 13.0. The summed E-state index contributed by atoms with van der Waals surface area (Å²) in [5.41, 5.74) is -0.557. The molecular formula is C20H19Cl2NO5. The molecule has 0 saturated carbocycles. The molecule has 2 N–H and O–H groups in total. The lowest BCUT2D eigenvalue weighted by molar-refractivity contribution is -0.140. The molecule has 1 atom stereocenters. The number of carboxylic acid groups (broad SMARTS) is 1. The quantitative estimate of drug-likeness (QED) is 0.657. The molecule has 0 heterocycles. The lowest BCUT2D eigenvalue weighted by Crippen LogP contribution is -2.45. The zero-order valence-electron chi connectivity index (χ0n) is 15.5. The minimum Gasteiger partial charge on any atom is -0.478 e. The fourth-order valence-corrected chi connectivity index (χ4v) is 2.56. The molecule has 0 radical (unpaired) electrons. The molecule has 2 aromatic rings. The van der Waals surface area contributed by atoms with Crippen LogP contribution >= 0.6 is 23.2 Å². The van der Waals surface area contributed by atoms with Gasteiger partial charge in [-0.05, 0) is 42.5 Å². The summed E-state index contributed by atoms with van der Waals surface area (Å²) >= 11 is 12.0. The van der Waals surface area contributed by atoms with Gasteiger partial charge in [0.05, 0.1) is 16.3 Å². The number of ether oxygens (including phenoxy) is 1. The highest BCUT2D eigenvalue weighted by molar-refractivity contribution is 6.35. The van der Waals surface area contributed by atoms with Gasteiger partial charge in [0.1, 0.15) is 5.75 Å². The Hall–Kier alpha value is -2.57. The monoisotopic (exact) mass is 423 g/mol. The maximum atomic E-state index is 12.8. The molecule has 148 valence electrons. The van der Waals surface area contributed by atoms with Crippen molar-refractivity contribution in [2.75, 3.05) is 5.32 Å². The second-order valence-electron chi connectivity index (χ2n) is 7.06. The van der Waals surface area contributed by atoms with Crippen molar-refractivity contribution in [3.63, 3.8) is 0 Å². The van der Waals surface area contributed by atoms with Crippen molar-refractivity contribution in [2.24, 2.45) is 5.41 Å². The average Bonchev–Trinajstić information content (AvgIpc) is 2.61. The molecule has 0 aliphatic heterocycles. The third-order valence-electron chi connectivity index (χ3n) is 3.76. The first kappa shape index (κ1) is 21.7. The molecule has 8 heteroatoms. The zero-order valence-corrected chi connectivity index (χ0v) is 17.0. The van der Waals surface area contributed by atoms with Crippen LogP contribution in [0.1, 0.15) is 31.1 Å². The third kappa shape index (κ3) is 5.47. The molecule has 0 aliphatic rings. The van der Waals surface area contributed by atoms with Crippen LogP contribution in [0.25, 0.3) is 0 Å². The summed E-state index contributed by atoms with van der Waals surface area (Å²) in [5.74, 6) is -2.08. The molecule has 2 rings (SSSR count). The molecule has 1 unspecified atom stereocenters. The highest BCUT2D eigenvalue weighted by Crippen LogP contribution is 2.27. The molecule has 0 aliphatic carbocycles. The summed E-state index contributed by atoms with van der Waals surface area (Å²) in [6, 6.07) is 9.95. The number of carboxylic acids is 1. The van der Waals surface area contributed by atoms with E-state index in [1.807, 2.05) is 0 Å². The number of benzene rings is 2. The maximum absolute atomic E-state index is 12.8. The first-order valence-electron chi connectivity index (χ1n) is 8.29. The molecule has 0 fully saturated rings. The predicted octanol–water partition coefficient (Wildman–Crippen LogP) is 4.69. The fraction of sp³-hybridized carbons (Fsp3) is 0.250. The second kappa shape index (κ2) is 8.63. The van der Waals surface area contributed by atoms with Crippen LogP contribution in [0.5, 0.6) is 5.75 Å². The van der Waals surface area contributed by atoms with Gasteiger partial charge in [-0.1, -0.05) is 44.0 Å². The second-order valence-corrected chi connectivity index (χ2v) is 7.90. The highest BCUT2D eigenvalue weighted by atomic mass is 35.5. The minimum absolute atomic E-state index is 0.0567. The van der Waals surface area contributed by atoms with Gasteiger partial charge in [0, 0.05) is 10.4 Å². The van der Waals surface area contributed by atoms with Crippen molar-refractivity contribution in [1.29, 1.82) is 0 Å². The molecule has 0 spiro atoms. The van der Waals surface area contributed by atoms with Gasteiger partial charge in [-0.15, -0.1) is 0 Å². The fourth-order valence-electron chi connectivity index (χ4n) is 2.22. The van der Waals surface area contributed by atoms with Crippen LogP contribution < -0.4 is 10.1 Å². The molecule has 0 saturated heterocycles. The van der Waals surface area contributed by atoms with Crippen molar-refractivity contribution in [3.05, 3.63) is 58.1 Å². The Morgan fingerprint density at radius 1 is 1.04 bits per heavy atom. The molecule has 2 aromatic carbocycles. The topological polar surface area (TPSA) is 92.7 Å². The van der Waals surface area contributed by atoms with Gasteiger partial charge in [-0.2, -0.15) is 0 Å². The lowest BCUT2D eigenvalue weighted by atomic mass is 9.87. The van der Waals surface area contributed by atoms with E-state index in [1.54, 1.807) is 26.8 Å². The number of Topliss-reactive ketones (excluding diaryl/α,β-unsaturated/α-hetero) is 1. The molecule has 6 nitrogen and oxygen atoms in total. The van der Waals surface area contributed by atoms with Gasteiger partial charge < -0.3 is 15.2 Å². The number of halogens is 2. The van der Waals surface area contributed by atoms with E-state index in [0.29, 0.717) is 5.02 Å². The van der Waals surface area contributed by atoms with Crippen LogP contribution in [-0.4, -0.2) is 28.9 Å². The summed E-state index contributed by atoms with van der Waals surface area (Å²) in [6.45, 7) is 5.00. The number of nitrogens with one attached hydrogen (secondary N) is 1. The Morgan fingerprint density at radius 3 is 2.18 bits per heavy atom. The van der Waals surface area contributed by atoms with Crippen molar-refractivity contribution in [1.82, 2.24) is 0 Å². The van der Waals surface area contributed by atoms with Crippen LogP contribution in [0.15, 0.2) is 42.5 Å². The largest absolute Gasteiger partial charge is 0.478 e. The third-order valence-corrected chi connectivity index (χ3v) is 4.32. The summed E-state index contributed by atoms with van der Waals surface area (Å²) in [7, 11) is 0. The Bertz CT molecular complexity index is 904. The smallest absolute Gasteiger partial charge is 0.335 e. The number of aromatic carboxylic acids is 1. The first-order valence-corrected chi connectivity index (χ1v) is 9.05. The molecular weight excluding hydrogens is 405 g/mol. The van der Waals surface area contributed by atoms with Crippen molar-refractivity contribution in [2.45, 2.75) is 26.9 Å². The van der Waals surface area contributed by atoms with Crippen LogP contribution in [0.4, 0.5) is 5.69 Å². The van der Waals surface area contributed by atoms with E-state index in [9.17, 15) is 14.4 Å².